The topological polar surface area (TPSA) is 68.0 Å². The van der Waals surface area contributed by atoms with E-state index in [1.807, 2.05) is 37.3 Å². The molecule has 24 heavy (non-hydrogen) atoms. The van der Waals surface area contributed by atoms with E-state index in [1.54, 1.807) is 17.4 Å². The van der Waals surface area contributed by atoms with Crippen LogP contribution in [0.3, 0.4) is 0 Å². The molecule has 1 aromatic carbocycles. The molecule has 0 bridgehead atoms. The Morgan fingerprint density at radius 2 is 2.17 bits per heavy atom. The lowest BCUT2D eigenvalue weighted by atomic mass is 9.97. The highest BCUT2D eigenvalue weighted by molar-refractivity contribution is 7.11. The highest BCUT2D eigenvalue weighted by atomic mass is 32.1. The van der Waals surface area contributed by atoms with E-state index in [0.717, 1.165) is 35.5 Å². The van der Waals surface area contributed by atoms with Gasteiger partial charge >= 0.3 is 0 Å². The van der Waals surface area contributed by atoms with E-state index in [9.17, 15) is 4.79 Å². The number of nitrogens with one attached hydrogen (secondary N) is 1. The minimum atomic E-state index is -0.218. The van der Waals surface area contributed by atoms with Gasteiger partial charge in [0.2, 0.25) is 0 Å². The molecule has 0 saturated heterocycles. The Balaban J connectivity index is 1.52. The number of benzene rings is 1. The zero-order chi connectivity index (χ0) is 16.5. The summed E-state index contributed by atoms with van der Waals surface area (Å²) in [5.41, 5.74) is 2.22. The molecular weight excluding hydrogens is 322 g/mol. The molecular formula is C18H17N3O2S. The van der Waals surface area contributed by atoms with E-state index in [1.165, 1.54) is 4.88 Å². The largest absolute Gasteiger partial charge is 0.355 e. The van der Waals surface area contributed by atoms with Gasteiger partial charge in [-0.15, -0.1) is 11.3 Å². The summed E-state index contributed by atoms with van der Waals surface area (Å²) < 4.78 is 5.31. The number of hydrogen-bond donors (Lipinski definition) is 1. The molecule has 5 nitrogen and oxygen atoms in total. The molecule has 2 aromatic heterocycles. The molecule has 6 heteroatoms. The molecule has 1 aliphatic rings. The molecule has 0 unspecified atom stereocenters. The number of fused-ring (bicyclic) bond motifs is 1. The van der Waals surface area contributed by atoms with Gasteiger partial charge < -0.3 is 9.84 Å². The molecule has 0 spiro atoms. The summed E-state index contributed by atoms with van der Waals surface area (Å²) in [6, 6.07) is 11.3. The predicted octanol–water partition coefficient (Wildman–Crippen LogP) is 3.91. The fraction of sp³-hybridized carbons (Fsp3) is 0.278. The van der Waals surface area contributed by atoms with Gasteiger partial charge in [0.05, 0.1) is 16.7 Å². The first kappa shape index (κ1) is 15.1. The Kier molecular flexibility index (Phi) is 3.90. The standard InChI is InChI=1S/C18H17N3O2S/c1-11-19-17-13(8-5-9-16(17)24-11)20-18(22)14-10-15(23-21-14)12-6-3-2-4-7-12/h2-4,6-7,10,13H,5,8-9H2,1H3,(H,20,22)/t13-/m1/s1. The average molecular weight is 339 g/mol. The molecule has 0 saturated carbocycles. The van der Waals surface area contributed by atoms with Crippen LogP contribution in [0.5, 0.6) is 0 Å². The zero-order valence-corrected chi connectivity index (χ0v) is 14.1. The lowest BCUT2D eigenvalue weighted by Gasteiger charge is -2.21. The van der Waals surface area contributed by atoms with Crippen LogP contribution in [0, 0.1) is 6.92 Å². The van der Waals surface area contributed by atoms with Gasteiger partial charge in [0.1, 0.15) is 0 Å². The van der Waals surface area contributed by atoms with Crippen molar-refractivity contribution in [3.05, 3.63) is 57.7 Å². The second-order valence-electron chi connectivity index (χ2n) is 5.90. The molecule has 1 amide bonds. The first-order valence-corrected chi connectivity index (χ1v) is 8.81. The third kappa shape index (κ3) is 2.85. The Morgan fingerprint density at radius 3 is 3.00 bits per heavy atom. The van der Waals surface area contributed by atoms with Crippen LogP contribution in [0.25, 0.3) is 11.3 Å². The van der Waals surface area contributed by atoms with E-state index >= 15 is 0 Å². The number of thiazole rings is 1. The zero-order valence-electron chi connectivity index (χ0n) is 13.3. The van der Waals surface area contributed by atoms with Gasteiger partial charge in [-0.05, 0) is 26.2 Å². The number of carbonyl (C=O) groups excluding carboxylic acids is 1. The van der Waals surface area contributed by atoms with Gasteiger partial charge in [-0.25, -0.2) is 4.98 Å². The minimum absolute atomic E-state index is 0.0388. The van der Waals surface area contributed by atoms with Crippen molar-refractivity contribution in [1.82, 2.24) is 15.5 Å². The summed E-state index contributed by atoms with van der Waals surface area (Å²) >= 11 is 1.72. The number of aryl methyl sites for hydroxylation is 2. The van der Waals surface area contributed by atoms with Crippen molar-refractivity contribution in [3.8, 4) is 11.3 Å². The second-order valence-corrected chi connectivity index (χ2v) is 7.19. The van der Waals surface area contributed by atoms with Crippen LogP contribution >= 0.6 is 11.3 Å². The van der Waals surface area contributed by atoms with Gasteiger partial charge in [0.15, 0.2) is 11.5 Å². The van der Waals surface area contributed by atoms with Crippen LogP contribution < -0.4 is 5.32 Å². The molecule has 1 atom stereocenters. The summed E-state index contributed by atoms with van der Waals surface area (Å²) in [7, 11) is 0. The molecule has 0 radical (unpaired) electrons. The van der Waals surface area contributed by atoms with E-state index < -0.39 is 0 Å². The van der Waals surface area contributed by atoms with E-state index in [0.29, 0.717) is 11.5 Å². The van der Waals surface area contributed by atoms with E-state index in [-0.39, 0.29) is 11.9 Å². The van der Waals surface area contributed by atoms with E-state index in [2.05, 4.69) is 15.5 Å². The fourth-order valence-corrected chi connectivity index (χ4v) is 4.07. The smallest absolute Gasteiger partial charge is 0.274 e. The third-order valence-electron chi connectivity index (χ3n) is 4.17. The molecule has 2 heterocycles. The van der Waals surface area contributed by atoms with Gasteiger partial charge in [0, 0.05) is 16.5 Å². The van der Waals surface area contributed by atoms with Gasteiger partial charge in [0.25, 0.3) is 5.91 Å². The Bertz CT molecular complexity index is 870. The number of aromatic nitrogens is 2. The Labute approximate surface area is 143 Å². The summed E-state index contributed by atoms with van der Waals surface area (Å²) in [6.07, 6.45) is 3.02. The van der Waals surface area contributed by atoms with Crippen molar-refractivity contribution in [2.75, 3.05) is 0 Å². The van der Waals surface area contributed by atoms with Crippen LogP contribution in [0.4, 0.5) is 0 Å². The van der Waals surface area contributed by atoms with Crippen molar-refractivity contribution in [1.29, 1.82) is 0 Å². The number of rotatable bonds is 3. The van der Waals surface area contributed by atoms with Crippen molar-refractivity contribution in [3.63, 3.8) is 0 Å². The van der Waals surface area contributed by atoms with Gasteiger partial charge in [-0.2, -0.15) is 0 Å². The normalized spacial score (nSPS) is 16.6. The molecule has 0 fully saturated rings. The van der Waals surface area contributed by atoms with Crippen LogP contribution in [-0.2, 0) is 6.42 Å². The molecule has 122 valence electrons. The Hall–Kier alpha value is -2.47. The van der Waals surface area contributed by atoms with Crippen molar-refractivity contribution < 1.29 is 9.32 Å². The molecule has 3 aromatic rings. The van der Waals surface area contributed by atoms with E-state index in [4.69, 9.17) is 4.52 Å². The quantitative estimate of drug-likeness (QED) is 0.785. The first-order valence-electron chi connectivity index (χ1n) is 8.00. The average Bonchev–Trinajstić information content (AvgIpc) is 3.22. The lowest BCUT2D eigenvalue weighted by molar-refractivity contribution is 0.0923. The highest BCUT2D eigenvalue weighted by Crippen LogP contribution is 2.33. The summed E-state index contributed by atoms with van der Waals surface area (Å²) in [5, 5.41) is 8.02. The van der Waals surface area contributed by atoms with Gasteiger partial charge in [-0.1, -0.05) is 35.5 Å². The summed E-state index contributed by atoms with van der Waals surface area (Å²) in [4.78, 5) is 18.4. The number of nitrogens with zero attached hydrogens (tertiary/aromatic N) is 2. The fourth-order valence-electron chi connectivity index (χ4n) is 3.03. The van der Waals surface area contributed by atoms with Crippen LogP contribution in [-0.4, -0.2) is 16.0 Å². The van der Waals surface area contributed by atoms with Crippen LogP contribution in [0.2, 0.25) is 0 Å². The molecule has 1 aliphatic carbocycles. The highest BCUT2D eigenvalue weighted by Gasteiger charge is 2.26. The monoisotopic (exact) mass is 339 g/mol. The molecule has 0 aliphatic heterocycles. The third-order valence-corrected chi connectivity index (χ3v) is 5.21. The van der Waals surface area contributed by atoms with Gasteiger partial charge in [-0.3, -0.25) is 4.79 Å². The first-order chi connectivity index (χ1) is 11.7. The second kappa shape index (κ2) is 6.20. The number of hydrogen-bond acceptors (Lipinski definition) is 5. The number of amides is 1. The molecule has 4 rings (SSSR count). The van der Waals surface area contributed by atoms with Crippen molar-refractivity contribution in [2.45, 2.75) is 32.2 Å². The lowest BCUT2D eigenvalue weighted by Crippen LogP contribution is -2.31. The number of carbonyl (C=O) groups is 1. The maximum Gasteiger partial charge on any atom is 0.274 e. The van der Waals surface area contributed by atoms with Crippen LogP contribution in [0.15, 0.2) is 40.9 Å². The SMILES string of the molecule is Cc1nc2c(s1)CCC[C@H]2NC(=O)c1cc(-c2ccccc2)on1. The summed E-state index contributed by atoms with van der Waals surface area (Å²) in [6.45, 7) is 2.01. The maximum atomic E-state index is 12.5. The van der Waals surface area contributed by atoms with Crippen molar-refractivity contribution in [2.24, 2.45) is 0 Å². The Morgan fingerprint density at radius 1 is 1.33 bits per heavy atom. The molecule has 1 N–H and O–H groups in total. The van der Waals surface area contributed by atoms with Crippen LogP contribution in [0.1, 0.15) is 45.0 Å². The maximum absolute atomic E-state index is 12.5. The van der Waals surface area contributed by atoms with Crippen molar-refractivity contribution >= 4 is 17.2 Å². The minimum Gasteiger partial charge on any atom is -0.355 e. The predicted molar refractivity (Wildman–Crippen MR) is 91.9 cm³/mol. The summed E-state index contributed by atoms with van der Waals surface area (Å²) in [5.74, 6) is 0.374.